The van der Waals surface area contributed by atoms with Crippen LogP contribution < -0.4 is 20.7 Å². The molecule has 46 heavy (non-hydrogen) atoms. The molecule has 0 fully saturated rings. The number of fused-ring (bicyclic) bond motifs is 5. The second-order valence-electron chi connectivity index (χ2n) is 13.8. The zero-order valence-corrected chi connectivity index (χ0v) is 29.7. The van der Waals surface area contributed by atoms with Crippen molar-refractivity contribution >= 4 is 61.3 Å². The summed E-state index contributed by atoms with van der Waals surface area (Å²) >= 11 is 0. The number of hydrogen-bond acceptors (Lipinski definition) is 1. The Morgan fingerprint density at radius 1 is 0.435 bits per heavy atom. The van der Waals surface area contributed by atoms with Crippen LogP contribution in [0.4, 0.5) is 0 Å². The van der Waals surface area contributed by atoms with Gasteiger partial charge in [0.2, 0.25) is 0 Å². The maximum Gasteiger partial charge on any atom is 0.181 e. The van der Waals surface area contributed by atoms with Crippen molar-refractivity contribution in [2.24, 2.45) is 0 Å². The lowest BCUT2D eigenvalue weighted by Crippen LogP contribution is -2.78. The Kier molecular flexibility index (Phi) is 7.25. The highest BCUT2D eigenvalue weighted by atomic mass is 28.3. The molecule has 1 nitrogen and oxygen atoms in total. The van der Waals surface area contributed by atoms with Gasteiger partial charge in [0, 0.05) is 22.4 Å². The fourth-order valence-corrected chi connectivity index (χ4v) is 15.7. The van der Waals surface area contributed by atoms with Crippen LogP contribution in [-0.4, -0.2) is 13.1 Å². The fourth-order valence-electron chi connectivity index (χ4n) is 9.14. The highest BCUT2D eigenvalue weighted by Crippen LogP contribution is 2.33. The summed E-state index contributed by atoms with van der Waals surface area (Å²) in [5.41, 5.74) is 13.3. The van der Waals surface area contributed by atoms with E-state index in [1.54, 1.807) is 0 Å². The molecule has 228 valence electrons. The fraction of sp³-hybridized carbons (Fsp3) is 0.205. The van der Waals surface area contributed by atoms with Crippen molar-refractivity contribution in [2.75, 3.05) is 0 Å². The summed E-state index contributed by atoms with van der Waals surface area (Å²) < 4.78 is 0. The Balaban J connectivity index is 1.84. The van der Waals surface area contributed by atoms with E-state index >= 15 is 0 Å². The molecule has 0 amide bonds. The van der Waals surface area contributed by atoms with Crippen molar-refractivity contribution in [3.8, 4) is 0 Å². The third-order valence-electron chi connectivity index (χ3n) is 10.2. The highest BCUT2D eigenvalue weighted by molar-refractivity contribution is 7.21. The van der Waals surface area contributed by atoms with Gasteiger partial charge in [-0.1, -0.05) is 135 Å². The predicted octanol–water partition coefficient (Wildman–Crippen LogP) is 8.69. The van der Waals surface area contributed by atoms with Crippen molar-refractivity contribution in [1.82, 2.24) is 4.98 Å². The smallest absolute Gasteiger partial charge is 0.181 e. The molecule has 0 N–H and O–H groups in total. The first kappa shape index (κ1) is 30.1. The molecule has 0 spiro atoms. The van der Waals surface area contributed by atoms with E-state index in [0.29, 0.717) is 0 Å². The Bertz CT molecular complexity index is 2150. The van der Waals surface area contributed by atoms with Gasteiger partial charge in [-0.2, -0.15) is 0 Å². The molecule has 0 atom stereocenters. The number of nitrogens with zero attached hydrogens (tertiary/aromatic N) is 1. The van der Waals surface area contributed by atoms with Gasteiger partial charge in [0.1, 0.15) is 0 Å². The van der Waals surface area contributed by atoms with E-state index in [1.165, 1.54) is 97.7 Å². The Hall–Kier alpha value is -4.53. The Morgan fingerprint density at radius 3 is 1.28 bits per heavy atom. The lowest BCUT2D eigenvalue weighted by molar-refractivity contribution is 1.32. The van der Waals surface area contributed by atoms with E-state index in [-0.39, 0.29) is 0 Å². The standard InChI is InChI=1S/C44H43NSi/c1-26-18-29(4)42(30(5)19-26)46(43-31(6)20-27(2)21-32(43)7,44-33(8)22-28(3)23-34(44)9)40-24-35-25-45-39-17-13-12-16-38(39)41(35)37-15-11-10-14-36(37)40/h10-25H,1-9H3. The second kappa shape index (κ2) is 11.1. The minimum Gasteiger partial charge on any atom is -0.256 e. The van der Waals surface area contributed by atoms with Crippen molar-refractivity contribution in [2.45, 2.75) is 62.3 Å². The minimum absolute atomic E-state index is 1.04. The van der Waals surface area contributed by atoms with Gasteiger partial charge in [-0.3, -0.25) is 4.98 Å². The maximum atomic E-state index is 5.01. The highest BCUT2D eigenvalue weighted by Gasteiger charge is 2.48. The Morgan fingerprint density at radius 2 is 0.826 bits per heavy atom. The third kappa shape index (κ3) is 4.46. The van der Waals surface area contributed by atoms with E-state index < -0.39 is 8.07 Å². The monoisotopic (exact) mass is 613 g/mol. The van der Waals surface area contributed by atoms with Crippen molar-refractivity contribution in [1.29, 1.82) is 0 Å². The van der Waals surface area contributed by atoms with Crippen LogP contribution in [0.25, 0.3) is 32.4 Å². The van der Waals surface area contributed by atoms with E-state index in [4.69, 9.17) is 4.98 Å². The molecule has 0 radical (unpaired) electrons. The normalized spacial score (nSPS) is 12.0. The topological polar surface area (TPSA) is 12.9 Å². The maximum absolute atomic E-state index is 5.01. The van der Waals surface area contributed by atoms with Gasteiger partial charge in [0.15, 0.2) is 8.07 Å². The molecule has 0 unspecified atom stereocenters. The molecule has 1 heterocycles. The molecule has 6 aromatic carbocycles. The van der Waals surface area contributed by atoms with Gasteiger partial charge in [-0.05, 0) is 99.9 Å². The second-order valence-corrected chi connectivity index (χ2v) is 17.3. The SMILES string of the molecule is Cc1cc(C)c([Si](c2c(C)cc(C)cc2C)(c2c(C)cc(C)cc2C)c2cc3cnc4ccccc4c3c3ccccc23)c(C)c1. The van der Waals surface area contributed by atoms with Gasteiger partial charge < -0.3 is 0 Å². The van der Waals surface area contributed by atoms with E-state index in [1.807, 2.05) is 0 Å². The number of benzene rings is 6. The molecule has 7 rings (SSSR count). The van der Waals surface area contributed by atoms with Crippen LogP contribution in [0.1, 0.15) is 50.1 Å². The number of rotatable bonds is 4. The van der Waals surface area contributed by atoms with Crippen molar-refractivity contribution in [3.05, 3.63) is 147 Å². The number of aromatic nitrogens is 1. The van der Waals surface area contributed by atoms with Gasteiger partial charge in [0.25, 0.3) is 0 Å². The summed E-state index contributed by atoms with van der Waals surface area (Å²) in [5, 5.41) is 12.4. The molecular formula is C44H43NSi. The average molecular weight is 614 g/mol. The molecule has 0 bridgehead atoms. The van der Waals surface area contributed by atoms with Gasteiger partial charge in [-0.15, -0.1) is 0 Å². The lowest BCUT2D eigenvalue weighted by Gasteiger charge is -2.42. The van der Waals surface area contributed by atoms with Crippen LogP contribution in [0.15, 0.2) is 97.2 Å². The first-order valence-corrected chi connectivity index (χ1v) is 18.5. The average Bonchev–Trinajstić information content (AvgIpc) is 2.98. The number of hydrogen-bond donors (Lipinski definition) is 0. The van der Waals surface area contributed by atoms with Gasteiger partial charge in [-0.25, -0.2) is 0 Å². The van der Waals surface area contributed by atoms with Crippen LogP contribution in [-0.2, 0) is 0 Å². The largest absolute Gasteiger partial charge is 0.256 e. The first-order chi connectivity index (χ1) is 22.0. The van der Waals surface area contributed by atoms with Crippen LogP contribution in [0.3, 0.4) is 0 Å². The predicted molar refractivity (Wildman–Crippen MR) is 203 cm³/mol. The Labute approximate surface area is 275 Å². The van der Waals surface area contributed by atoms with Crippen molar-refractivity contribution in [3.63, 3.8) is 0 Å². The molecule has 0 saturated heterocycles. The van der Waals surface area contributed by atoms with E-state index in [2.05, 4.69) is 160 Å². The molecular weight excluding hydrogens is 571 g/mol. The van der Waals surface area contributed by atoms with Crippen LogP contribution >= 0.6 is 0 Å². The number of aryl methyl sites for hydroxylation is 9. The third-order valence-corrected chi connectivity index (χ3v) is 16.0. The zero-order chi connectivity index (χ0) is 32.5. The molecule has 0 aliphatic carbocycles. The summed E-state index contributed by atoms with van der Waals surface area (Å²) in [7, 11) is -3.01. The molecule has 0 aliphatic rings. The molecule has 1 aromatic heterocycles. The minimum atomic E-state index is -3.01. The van der Waals surface area contributed by atoms with Crippen LogP contribution in [0.5, 0.6) is 0 Å². The quantitative estimate of drug-likeness (QED) is 0.110. The van der Waals surface area contributed by atoms with Crippen molar-refractivity contribution < 1.29 is 0 Å². The molecule has 0 aliphatic heterocycles. The molecule has 2 heteroatoms. The zero-order valence-electron chi connectivity index (χ0n) is 28.7. The lowest BCUT2D eigenvalue weighted by atomic mass is 9.99. The molecule has 7 aromatic rings. The first-order valence-electron chi connectivity index (χ1n) is 16.5. The van der Waals surface area contributed by atoms with E-state index in [0.717, 1.165) is 5.52 Å². The molecule has 0 saturated carbocycles. The van der Waals surface area contributed by atoms with Gasteiger partial charge in [0.05, 0.1) is 5.52 Å². The van der Waals surface area contributed by atoms with Crippen LogP contribution in [0, 0.1) is 62.3 Å². The number of para-hydroxylation sites is 1. The summed E-state index contributed by atoms with van der Waals surface area (Å²) in [6.07, 6.45) is 2.12. The summed E-state index contributed by atoms with van der Waals surface area (Å²) in [6, 6.07) is 34.8. The van der Waals surface area contributed by atoms with E-state index in [9.17, 15) is 0 Å². The summed E-state index contributed by atoms with van der Waals surface area (Å²) in [4.78, 5) is 5.01. The van der Waals surface area contributed by atoms with Gasteiger partial charge >= 0.3 is 0 Å². The summed E-state index contributed by atoms with van der Waals surface area (Å²) in [5.74, 6) is 0. The van der Waals surface area contributed by atoms with Crippen LogP contribution in [0.2, 0.25) is 0 Å². The number of pyridine rings is 1. The summed E-state index contributed by atoms with van der Waals surface area (Å²) in [6.45, 7) is 20.8.